The third-order valence-corrected chi connectivity index (χ3v) is 4.06. The fourth-order valence-electron chi connectivity index (χ4n) is 2.47. The lowest BCUT2D eigenvalue weighted by Crippen LogP contribution is -2.57. The lowest BCUT2D eigenvalue weighted by atomic mass is 10.1. The molecule has 112 valence electrons. The first kappa shape index (κ1) is 15.3. The molecule has 21 heavy (non-hydrogen) atoms. The highest BCUT2D eigenvalue weighted by atomic mass is 16.5. The molecule has 1 heterocycles. The number of hydrogen-bond donors (Lipinski definition) is 0. The van der Waals surface area contributed by atoms with Crippen LogP contribution in [-0.2, 0) is 4.79 Å². The number of ether oxygens (including phenoxy) is 1. The molecule has 0 N–H and O–H groups in total. The van der Waals surface area contributed by atoms with Crippen LogP contribution in [0.25, 0.3) is 0 Å². The van der Waals surface area contributed by atoms with Crippen molar-refractivity contribution in [3.05, 3.63) is 29.8 Å². The molecule has 0 bridgehead atoms. The van der Waals surface area contributed by atoms with E-state index in [1.165, 1.54) is 0 Å². The second kappa shape index (κ2) is 6.59. The van der Waals surface area contributed by atoms with Crippen molar-refractivity contribution in [3.8, 4) is 11.8 Å². The summed E-state index contributed by atoms with van der Waals surface area (Å²) in [4.78, 5) is 16.4. The van der Waals surface area contributed by atoms with Crippen LogP contribution < -0.4 is 4.74 Å². The summed E-state index contributed by atoms with van der Waals surface area (Å²) in [6.07, 6.45) is 0. The molecule has 2 rings (SSSR count). The number of nitriles is 1. The minimum absolute atomic E-state index is 0.00570. The monoisotopic (exact) mass is 287 g/mol. The molecule has 0 spiro atoms. The van der Waals surface area contributed by atoms with Gasteiger partial charge in [0.25, 0.3) is 5.91 Å². The molecule has 5 nitrogen and oxygen atoms in total. The van der Waals surface area contributed by atoms with Gasteiger partial charge in [0.2, 0.25) is 0 Å². The number of likely N-dealkylation sites (N-methyl/N-ethyl adjacent to an activating group) is 1. The molecule has 0 aromatic heterocycles. The molecule has 2 unspecified atom stereocenters. The standard InChI is InChI=1S/C16H21N3O2/c1-12-9-19(10-13(2)18(12)3)16(20)11-21-15-6-4-14(8-17)5-7-15/h4-7,12-13H,9-11H2,1-3H3. The number of carbonyl (C=O) groups is 1. The van der Waals surface area contributed by atoms with Crippen molar-refractivity contribution in [2.75, 3.05) is 26.7 Å². The van der Waals surface area contributed by atoms with E-state index in [1.807, 2.05) is 11.0 Å². The molecular formula is C16H21N3O2. The van der Waals surface area contributed by atoms with Crippen molar-refractivity contribution in [1.82, 2.24) is 9.80 Å². The number of hydrogen-bond acceptors (Lipinski definition) is 4. The first-order valence-corrected chi connectivity index (χ1v) is 7.14. The Kier molecular flexibility index (Phi) is 4.81. The Labute approximate surface area is 125 Å². The topological polar surface area (TPSA) is 56.6 Å². The van der Waals surface area contributed by atoms with Gasteiger partial charge in [-0.2, -0.15) is 5.26 Å². The maximum atomic E-state index is 12.2. The molecule has 0 aliphatic carbocycles. The molecule has 1 saturated heterocycles. The second-order valence-electron chi connectivity index (χ2n) is 5.59. The highest BCUT2D eigenvalue weighted by molar-refractivity contribution is 5.78. The van der Waals surface area contributed by atoms with Gasteiger partial charge in [-0.05, 0) is 45.2 Å². The first-order chi connectivity index (χ1) is 10.0. The van der Waals surface area contributed by atoms with Gasteiger partial charge in [-0.3, -0.25) is 9.69 Å². The SMILES string of the molecule is CC1CN(C(=O)COc2ccc(C#N)cc2)CC(C)N1C. The lowest BCUT2D eigenvalue weighted by molar-refractivity contribution is -0.137. The highest BCUT2D eigenvalue weighted by Crippen LogP contribution is 2.15. The Morgan fingerprint density at radius 1 is 1.29 bits per heavy atom. The quantitative estimate of drug-likeness (QED) is 0.845. The van der Waals surface area contributed by atoms with Crippen LogP contribution in [0.4, 0.5) is 0 Å². The van der Waals surface area contributed by atoms with E-state index in [4.69, 9.17) is 10.00 Å². The summed E-state index contributed by atoms with van der Waals surface area (Å²) in [6, 6.07) is 9.54. The second-order valence-corrected chi connectivity index (χ2v) is 5.59. The summed E-state index contributed by atoms with van der Waals surface area (Å²) in [6.45, 7) is 5.75. The van der Waals surface area contributed by atoms with E-state index in [-0.39, 0.29) is 12.5 Å². The van der Waals surface area contributed by atoms with Crippen molar-refractivity contribution in [1.29, 1.82) is 5.26 Å². The van der Waals surface area contributed by atoms with E-state index < -0.39 is 0 Å². The Hall–Kier alpha value is -2.06. The number of rotatable bonds is 3. The van der Waals surface area contributed by atoms with Gasteiger partial charge < -0.3 is 9.64 Å². The predicted octanol–water partition coefficient (Wildman–Crippen LogP) is 1.49. The third-order valence-electron chi connectivity index (χ3n) is 4.06. The number of nitrogens with zero attached hydrogens (tertiary/aromatic N) is 3. The van der Waals surface area contributed by atoms with Crippen LogP contribution in [0.3, 0.4) is 0 Å². The van der Waals surface area contributed by atoms with E-state index in [0.29, 0.717) is 23.4 Å². The van der Waals surface area contributed by atoms with Crippen molar-refractivity contribution in [2.24, 2.45) is 0 Å². The average Bonchev–Trinajstić information content (AvgIpc) is 2.50. The van der Waals surface area contributed by atoms with Crippen LogP contribution in [0, 0.1) is 11.3 Å². The average molecular weight is 287 g/mol. The van der Waals surface area contributed by atoms with Crippen LogP contribution in [-0.4, -0.2) is 54.5 Å². The molecule has 1 aliphatic heterocycles. The maximum Gasteiger partial charge on any atom is 0.260 e. The number of carbonyl (C=O) groups excluding carboxylic acids is 1. The zero-order valence-electron chi connectivity index (χ0n) is 12.7. The zero-order valence-corrected chi connectivity index (χ0v) is 12.7. The summed E-state index contributed by atoms with van der Waals surface area (Å²) < 4.78 is 5.50. The smallest absolute Gasteiger partial charge is 0.260 e. The zero-order chi connectivity index (χ0) is 15.4. The molecular weight excluding hydrogens is 266 g/mol. The summed E-state index contributed by atoms with van der Waals surface area (Å²) in [7, 11) is 2.09. The van der Waals surface area contributed by atoms with Crippen LogP contribution in [0.1, 0.15) is 19.4 Å². The molecule has 1 aliphatic rings. The van der Waals surface area contributed by atoms with E-state index in [9.17, 15) is 4.79 Å². The Morgan fingerprint density at radius 2 is 1.86 bits per heavy atom. The normalized spacial score (nSPS) is 22.7. The van der Waals surface area contributed by atoms with Crippen LogP contribution in [0.5, 0.6) is 5.75 Å². The fraction of sp³-hybridized carbons (Fsp3) is 0.500. The minimum Gasteiger partial charge on any atom is -0.484 e. The maximum absolute atomic E-state index is 12.2. The van der Waals surface area contributed by atoms with E-state index in [0.717, 1.165) is 13.1 Å². The summed E-state index contributed by atoms with van der Waals surface area (Å²) in [5.41, 5.74) is 0.579. The molecule has 1 fully saturated rings. The van der Waals surface area contributed by atoms with Gasteiger partial charge in [0.15, 0.2) is 6.61 Å². The van der Waals surface area contributed by atoms with Gasteiger partial charge in [-0.25, -0.2) is 0 Å². The largest absolute Gasteiger partial charge is 0.484 e. The summed E-state index contributed by atoms with van der Waals surface area (Å²) in [5, 5.41) is 8.73. The first-order valence-electron chi connectivity index (χ1n) is 7.14. The molecule has 1 amide bonds. The minimum atomic E-state index is 0.00570. The third kappa shape index (κ3) is 3.73. The highest BCUT2D eigenvalue weighted by Gasteiger charge is 2.29. The Bertz CT molecular complexity index is 523. The Balaban J connectivity index is 1.88. The van der Waals surface area contributed by atoms with Crippen molar-refractivity contribution in [2.45, 2.75) is 25.9 Å². The van der Waals surface area contributed by atoms with Crippen molar-refractivity contribution >= 4 is 5.91 Å². The van der Waals surface area contributed by atoms with Gasteiger partial charge in [-0.1, -0.05) is 0 Å². The molecule has 1 aromatic rings. The number of benzene rings is 1. The molecule has 0 radical (unpaired) electrons. The number of piperazine rings is 1. The van der Waals surface area contributed by atoms with Gasteiger partial charge in [0, 0.05) is 25.2 Å². The Morgan fingerprint density at radius 3 is 2.38 bits per heavy atom. The van der Waals surface area contributed by atoms with Gasteiger partial charge in [-0.15, -0.1) is 0 Å². The number of amides is 1. The molecule has 0 saturated carbocycles. The van der Waals surface area contributed by atoms with E-state index in [2.05, 4.69) is 25.8 Å². The van der Waals surface area contributed by atoms with Crippen molar-refractivity contribution < 1.29 is 9.53 Å². The van der Waals surface area contributed by atoms with Crippen molar-refractivity contribution in [3.63, 3.8) is 0 Å². The van der Waals surface area contributed by atoms with Crippen LogP contribution in [0.15, 0.2) is 24.3 Å². The predicted molar refractivity (Wildman–Crippen MR) is 79.9 cm³/mol. The van der Waals surface area contributed by atoms with E-state index >= 15 is 0 Å². The molecule has 2 atom stereocenters. The van der Waals surface area contributed by atoms with Gasteiger partial charge >= 0.3 is 0 Å². The molecule has 5 heteroatoms. The molecule has 1 aromatic carbocycles. The van der Waals surface area contributed by atoms with Gasteiger partial charge in [0.05, 0.1) is 11.6 Å². The lowest BCUT2D eigenvalue weighted by Gasteiger charge is -2.42. The fourth-order valence-corrected chi connectivity index (χ4v) is 2.47. The van der Waals surface area contributed by atoms with Crippen LogP contribution in [0.2, 0.25) is 0 Å². The summed E-state index contributed by atoms with van der Waals surface area (Å²) in [5.74, 6) is 0.615. The summed E-state index contributed by atoms with van der Waals surface area (Å²) >= 11 is 0. The van der Waals surface area contributed by atoms with Gasteiger partial charge in [0.1, 0.15) is 5.75 Å². The van der Waals surface area contributed by atoms with E-state index in [1.54, 1.807) is 24.3 Å². The van der Waals surface area contributed by atoms with Crippen LogP contribution >= 0.6 is 0 Å².